The van der Waals surface area contributed by atoms with Crippen molar-refractivity contribution in [1.82, 2.24) is 14.9 Å². The van der Waals surface area contributed by atoms with Gasteiger partial charge in [-0.25, -0.2) is 9.07 Å². The molecule has 0 fully saturated rings. The third kappa shape index (κ3) is 5.01. The van der Waals surface area contributed by atoms with Crippen molar-refractivity contribution in [3.63, 3.8) is 0 Å². The topological polar surface area (TPSA) is 64.1 Å². The van der Waals surface area contributed by atoms with Gasteiger partial charge in [-0.1, -0.05) is 29.3 Å². The number of nitrogens with zero attached hydrogens (tertiary/aromatic N) is 2. The molecule has 0 saturated heterocycles. The highest BCUT2D eigenvalue weighted by molar-refractivity contribution is 7.71. The molecule has 0 radical (unpaired) electrons. The lowest BCUT2D eigenvalue weighted by atomic mass is 10.2. The van der Waals surface area contributed by atoms with E-state index in [1.54, 1.807) is 28.9 Å². The van der Waals surface area contributed by atoms with E-state index in [2.05, 4.69) is 15.6 Å². The molecular formula is C19H19Cl2FN4O2S. The summed E-state index contributed by atoms with van der Waals surface area (Å²) in [7, 11) is 0. The first kappa shape index (κ1) is 21.4. The van der Waals surface area contributed by atoms with Crippen molar-refractivity contribution in [2.45, 2.75) is 27.0 Å². The first-order valence-corrected chi connectivity index (χ1v) is 9.96. The number of nitrogens with one attached hydrogen (secondary N) is 2. The average molecular weight is 457 g/mol. The van der Waals surface area contributed by atoms with Gasteiger partial charge in [-0.3, -0.25) is 5.10 Å². The molecule has 0 atom stereocenters. The molecule has 3 aromatic rings. The lowest BCUT2D eigenvalue weighted by Gasteiger charge is -2.16. The number of rotatable bonds is 8. The Balaban J connectivity index is 1.81. The van der Waals surface area contributed by atoms with Gasteiger partial charge in [-0.15, -0.1) is 0 Å². The number of hydrogen-bond donors (Lipinski definition) is 2. The van der Waals surface area contributed by atoms with Crippen molar-refractivity contribution in [1.29, 1.82) is 0 Å². The number of aromatic nitrogens is 3. The molecule has 1 aromatic heterocycles. The fraction of sp³-hybridized carbons (Fsp3) is 0.263. The predicted octanol–water partition coefficient (Wildman–Crippen LogP) is 5.42. The summed E-state index contributed by atoms with van der Waals surface area (Å²) in [5, 5.41) is 7.50. The maximum atomic E-state index is 14.0. The van der Waals surface area contributed by atoms with Crippen LogP contribution in [0.2, 0.25) is 10.0 Å². The molecule has 3 rings (SSSR count). The molecule has 29 heavy (non-hydrogen) atoms. The van der Waals surface area contributed by atoms with Gasteiger partial charge in [0.1, 0.15) is 18.2 Å². The van der Waals surface area contributed by atoms with Crippen LogP contribution in [0, 0.1) is 17.5 Å². The summed E-state index contributed by atoms with van der Waals surface area (Å²) in [6.45, 7) is 4.43. The van der Waals surface area contributed by atoms with Gasteiger partial charge in [0.2, 0.25) is 4.77 Å². The Kier molecular flexibility index (Phi) is 7.00. The van der Waals surface area contributed by atoms with Gasteiger partial charge in [0, 0.05) is 16.7 Å². The monoisotopic (exact) mass is 456 g/mol. The third-order valence-corrected chi connectivity index (χ3v) is 5.09. The largest absolute Gasteiger partial charge is 0.490 e. The normalized spacial score (nSPS) is 10.8. The minimum atomic E-state index is -0.436. The van der Waals surface area contributed by atoms with Crippen LogP contribution < -0.4 is 14.9 Å². The molecule has 0 aliphatic heterocycles. The first-order chi connectivity index (χ1) is 13.9. The molecule has 154 valence electrons. The zero-order valence-corrected chi connectivity index (χ0v) is 18.1. The van der Waals surface area contributed by atoms with E-state index < -0.39 is 5.82 Å². The zero-order chi connectivity index (χ0) is 21.0. The van der Waals surface area contributed by atoms with Crippen molar-refractivity contribution < 1.29 is 13.9 Å². The summed E-state index contributed by atoms with van der Waals surface area (Å²) in [6.07, 6.45) is 0. The van der Waals surface area contributed by atoms with Gasteiger partial charge in [0.05, 0.1) is 18.2 Å². The molecular weight excluding hydrogens is 438 g/mol. The van der Waals surface area contributed by atoms with Crippen LogP contribution in [0.4, 0.5) is 4.39 Å². The summed E-state index contributed by atoms with van der Waals surface area (Å²) in [4.78, 5) is 0. The molecule has 0 unspecified atom stereocenters. The Morgan fingerprint density at radius 1 is 1.21 bits per heavy atom. The number of hydrogen-bond acceptors (Lipinski definition) is 5. The Morgan fingerprint density at radius 2 is 1.97 bits per heavy atom. The van der Waals surface area contributed by atoms with Crippen LogP contribution in [0.1, 0.15) is 23.9 Å². The highest BCUT2D eigenvalue weighted by Crippen LogP contribution is 2.35. The van der Waals surface area contributed by atoms with Gasteiger partial charge >= 0.3 is 0 Å². The Morgan fingerprint density at radius 3 is 2.62 bits per heavy atom. The number of benzene rings is 2. The van der Waals surface area contributed by atoms with E-state index in [1.807, 2.05) is 13.8 Å². The van der Waals surface area contributed by atoms with Crippen molar-refractivity contribution in [3.05, 3.63) is 67.9 Å². The van der Waals surface area contributed by atoms with Crippen LogP contribution >= 0.6 is 35.4 Å². The molecule has 0 saturated carbocycles. The number of H-pyrrole nitrogens is 1. The molecule has 0 aliphatic rings. The van der Waals surface area contributed by atoms with E-state index in [4.69, 9.17) is 44.9 Å². The lowest BCUT2D eigenvalue weighted by Crippen LogP contribution is -2.16. The summed E-state index contributed by atoms with van der Waals surface area (Å²) in [5.74, 6) is 1.15. The molecule has 2 aromatic carbocycles. The summed E-state index contributed by atoms with van der Waals surface area (Å²) in [5.41, 5.74) is 4.19. The molecule has 0 aliphatic carbocycles. The number of aromatic amines is 1. The highest BCUT2D eigenvalue weighted by atomic mass is 35.5. The van der Waals surface area contributed by atoms with E-state index in [0.29, 0.717) is 45.3 Å². The lowest BCUT2D eigenvalue weighted by molar-refractivity contribution is 0.265. The molecule has 0 spiro atoms. The van der Waals surface area contributed by atoms with E-state index >= 15 is 0 Å². The van der Waals surface area contributed by atoms with Crippen LogP contribution in [0.25, 0.3) is 0 Å². The molecule has 0 bridgehead atoms. The Hall–Kier alpha value is -2.29. The van der Waals surface area contributed by atoms with Gasteiger partial charge in [0.25, 0.3) is 0 Å². The van der Waals surface area contributed by atoms with Crippen LogP contribution in [0.3, 0.4) is 0 Å². The minimum absolute atomic E-state index is 0.0527. The second kappa shape index (κ2) is 9.47. The second-order valence-electron chi connectivity index (χ2n) is 6.06. The van der Waals surface area contributed by atoms with Gasteiger partial charge < -0.3 is 14.9 Å². The first-order valence-electron chi connectivity index (χ1n) is 8.79. The number of aryl methyl sites for hydroxylation is 1. The third-order valence-electron chi connectivity index (χ3n) is 4.11. The number of ether oxygens (including phenoxy) is 2. The molecule has 1 heterocycles. The predicted molar refractivity (Wildman–Crippen MR) is 114 cm³/mol. The van der Waals surface area contributed by atoms with Gasteiger partial charge in [-0.05, 0) is 49.8 Å². The maximum absolute atomic E-state index is 14.0. The molecule has 2 N–H and O–H groups in total. The molecule has 6 nitrogen and oxygen atoms in total. The Bertz CT molecular complexity index is 1050. The van der Waals surface area contributed by atoms with E-state index in [-0.39, 0.29) is 12.2 Å². The minimum Gasteiger partial charge on any atom is -0.490 e. The van der Waals surface area contributed by atoms with Crippen molar-refractivity contribution >= 4 is 35.4 Å². The SMILES string of the molecule is CCOc1cc(CNn2c(C)n[nH]c2=S)c(Cl)cc1OCc1c(F)cccc1Cl. The highest BCUT2D eigenvalue weighted by Gasteiger charge is 2.14. The van der Waals surface area contributed by atoms with Crippen LogP contribution in [0.15, 0.2) is 30.3 Å². The van der Waals surface area contributed by atoms with E-state index in [9.17, 15) is 4.39 Å². The van der Waals surface area contributed by atoms with Crippen LogP contribution in [-0.4, -0.2) is 21.5 Å². The fourth-order valence-corrected chi connectivity index (χ4v) is 3.32. The quantitative estimate of drug-likeness (QED) is 0.443. The number of halogens is 3. The van der Waals surface area contributed by atoms with Gasteiger partial charge in [-0.2, -0.15) is 5.10 Å². The van der Waals surface area contributed by atoms with E-state index in [1.165, 1.54) is 6.07 Å². The fourth-order valence-electron chi connectivity index (χ4n) is 2.64. The second-order valence-corrected chi connectivity index (χ2v) is 7.26. The summed E-state index contributed by atoms with van der Waals surface area (Å²) >= 11 is 17.7. The van der Waals surface area contributed by atoms with Crippen LogP contribution in [0.5, 0.6) is 11.5 Å². The maximum Gasteiger partial charge on any atom is 0.214 e. The van der Waals surface area contributed by atoms with Crippen molar-refractivity contribution in [2.75, 3.05) is 12.0 Å². The van der Waals surface area contributed by atoms with Crippen molar-refractivity contribution in [3.8, 4) is 11.5 Å². The van der Waals surface area contributed by atoms with Gasteiger partial charge in [0.15, 0.2) is 11.5 Å². The molecule has 10 heteroatoms. The Labute approximate surface area is 182 Å². The zero-order valence-electron chi connectivity index (χ0n) is 15.8. The van der Waals surface area contributed by atoms with Crippen molar-refractivity contribution in [2.24, 2.45) is 0 Å². The molecule has 0 amide bonds. The van der Waals surface area contributed by atoms with E-state index in [0.717, 1.165) is 5.56 Å². The summed E-state index contributed by atoms with van der Waals surface area (Å²) < 4.78 is 27.5. The summed E-state index contributed by atoms with van der Waals surface area (Å²) in [6, 6.07) is 7.89. The van der Waals surface area contributed by atoms with Crippen LogP contribution in [-0.2, 0) is 13.2 Å². The average Bonchev–Trinajstić information content (AvgIpc) is 3.00. The smallest absolute Gasteiger partial charge is 0.214 e. The standard InChI is InChI=1S/C19H19Cl2FN4O2S/c1-3-27-17-7-12(9-23-26-11(2)24-25-19(26)29)15(21)8-18(17)28-10-13-14(20)5-4-6-16(13)22/h4-8,23H,3,9-10H2,1-2H3,(H,25,29).